The molecule has 0 aromatic carbocycles. The molecule has 9 nitrogen and oxygen atoms in total. The highest BCUT2D eigenvalue weighted by Gasteiger charge is 2.31. The van der Waals surface area contributed by atoms with Crippen LogP contribution in [-0.2, 0) is 4.74 Å². The van der Waals surface area contributed by atoms with Crippen molar-refractivity contribution < 1.29 is 14.2 Å². The first-order valence-electron chi connectivity index (χ1n) is 13.0. The third kappa shape index (κ3) is 6.32. The van der Waals surface area contributed by atoms with Crippen LogP contribution in [0.1, 0.15) is 44.2 Å². The lowest BCUT2D eigenvalue weighted by Gasteiger charge is -2.34. The first-order valence-corrected chi connectivity index (χ1v) is 13.0. The lowest BCUT2D eigenvalue weighted by molar-refractivity contribution is 0.0699. The van der Waals surface area contributed by atoms with E-state index in [1.54, 1.807) is 13.3 Å². The van der Waals surface area contributed by atoms with Crippen LogP contribution >= 0.6 is 0 Å². The molecule has 4 heterocycles. The fourth-order valence-electron chi connectivity index (χ4n) is 5.09. The van der Waals surface area contributed by atoms with Crippen molar-refractivity contribution in [1.82, 2.24) is 19.9 Å². The SMILES string of the molecule is COc1ncc(Nc2nc(C)cc(NCC3CCOCC3)n2)cc1OC[C@@H]1CCN(C2CCC2)C1. The topological polar surface area (TPSA) is 93.7 Å². The Kier molecular flexibility index (Phi) is 7.83. The first kappa shape index (κ1) is 24.1. The van der Waals surface area contributed by atoms with E-state index in [1.165, 1.54) is 32.2 Å². The molecule has 3 aliphatic rings. The Morgan fingerprint density at radius 3 is 2.71 bits per heavy atom. The Hall–Kier alpha value is -2.65. The zero-order chi connectivity index (χ0) is 24.0. The number of rotatable bonds is 10. The molecule has 0 spiro atoms. The van der Waals surface area contributed by atoms with Gasteiger partial charge in [-0.3, -0.25) is 4.90 Å². The average Bonchev–Trinajstić information content (AvgIpc) is 3.29. The number of nitrogens with zero attached hydrogens (tertiary/aromatic N) is 4. The third-order valence-corrected chi connectivity index (χ3v) is 7.42. The van der Waals surface area contributed by atoms with Crippen molar-refractivity contribution in [3.8, 4) is 11.6 Å². The van der Waals surface area contributed by atoms with Gasteiger partial charge in [-0.1, -0.05) is 6.42 Å². The van der Waals surface area contributed by atoms with Crippen molar-refractivity contribution >= 4 is 17.5 Å². The molecule has 2 aromatic heterocycles. The molecule has 35 heavy (non-hydrogen) atoms. The highest BCUT2D eigenvalue weighted by molar-refractivity contribution is 5.58. The maximum Gasteiger partial charge on any atom is 0.256 e. The number of aryl methyl sites for hydroxylation is 1. The van der Waals surface area contributed by atoms with Gasteiger partial charge < -0.3 is 24.8 Å². The third-order valence-electron chi connectivity index (χ3n) is 7.42. The number of anilines is 3. The van der Waals surface area contributed by atoms with Crippen LogP contribution in [0.3, 0.4) is 0 Å². The van der Waals surface area contributed by atoms with Crippen LogP contribution in [0.4, 0.5) is 17.5 Å². The second-order valence-electron chi connectivity index (χ2n) is 10.1. The second kappa shape index (κ2) is 11.4. The minimum absolute atomic E-state index is 0.494. The lowest BCUT2D eigenvalue weighted by atomic mass is 9.92. The van der Waals surface area contributed by atoms with Gasteiger partial charge in [-0.05, 0) is 51.5 Å². The summed E-state index contributed by atoms with van der Waals surface area (Å²) in [7, 11) is 1.62. The number of ether oxygens (including phenoxy) is 3. The van der Waals surface area contributed by atoms with Gasteiger partial charge in [0.25, 0.3) is 5.88 Å². The van der Waals surface area contributed by atoms with E-state index >= 15 is 0 Å². The summed E-state index contributed by atoms with van der Waals surface area (Å²) in [5.74, 6) is 3.65. The number of aromatic nitrogens is 3. The Bertz CT molecular complexity index is 980. The lowest BCUT2D eigenvalue weighted by Crippen LogP contribution is -2.38. The standard InChI is InChI=1S/C26H38N6O3/c1-18-12-24(27-14-19-7-10-34-11-8-19)31-26(29-18)30-21-13-23(25(33-2)28-15-21)35-17-20-6-9-32(16-20)22-4-3-5-22/h12-13,15,19-20,22H,3-11,14,16-17H2,1-2H3,(H2,27,29,30,31)/t20-/m1/s1. The summed E-state index contributed by atoms with van der Waals surface area (Å²) in [6, 6.07) is 4.69. The molecule has 1 atom stereocenters. The quantitative estimate of drug-likeness (QED) is 0.521. The Morgan fingerprint density at radius 2 is 1.94 bits per heavy atom. The van der Waals surface area contributed by atoms with Gasteiger partial charge in [-0.2, -0.15) is 4.98 Å². The van der Waals surface area contributed by atoms with Gasteiger partial charge in [0.15, 0.2) is 5.75 Å². The summed E-state index contributed by atoms with van der Waals surface area (Å²) >= 11 is 0. The number of methoxy groups -OCH3 is 1. The van der Waals surface area contributed by atoms with Crippen LogP contribution in [0, 0.1) is 18.8 Å². The van der Waals surface area contributed by atoms with Gasteiger partial charge in [-0.25, -0.2) is 9.97 Å². The first-order chi connectivity index (χ1) is 17.2. The van der Waals surface area contributed by atoms with Crippen LogP contribution in [0.25, 0.3) is 0 Å². The van der Waals surface area contributed by atoms with Crippen LogP contribution < -0.4 is 20.1 Å². The molecule has 190 valence electrons. The number of likely N-dealkylation sites (tertiary alicyclic amines) is 1. The van der Waals surface area contributed by atoms with E-state index in [2.05, 4.69) is 30.5 Å². The normalized spacial score (nSPS) is 21.5. The Labute approximate surface area is 208 Å². The minimum atomic E-state index is 0.494. The van der Waals surface area contributed by atoms with Crippen LogP contribution in [0.15, 0.2) is 18.3 Å². The van der Waals surface area contributed by atoms with E-state index in [1.807, 2.05) is 19.1 Å². The molecule has 1 aliphatic carbocycles. The van der Waals surface area contributed by atoms with E-state index in [-0.39, 0.29) is 0 Å². The van der Waals surface area contributed by atoms with E-state index in [0.29, 0.717) is 36.0 Å². The molecule has 9 heteroatoms. The number of pyridine rings is 1. The average molecular weight is 483 g/mol. The predicted octanol–water partition coefficient (Wildman–Crippen LogP) is 4.02. The summed E-state index contributed by atoms with van der Waals surface area (Å²) in [5, 5.41) is 6.76. The maximum absolute atomic E-state index is 6.21. The van der Waals surface area contributed by atoms with Crippen molar-refractivity contribution in [3.05, 3.63) is 24.0 Å². The van der Waals surface area contributed by atoms with Gasteiger partial charge in [-0.15, -0.1) is 0 Å². The summed E-state index contributed by atoms with van der Waals surface area (Å²) in [6.45, 7) is 7.53. The minimum Gasteiger partial charge on any atom is -0.488 e. The van der Waals surface area contributed by atoms with E-state index < -0.39 is 0 Å². The second-order valence-corrected chi connectivity index (χ2v) is 10.1. The molecule has 2 aliphatic heterocycles. The molecule has 3 fully saturated rings. The number of hydrogen-bond acceptors (Lipinski definition) is 9. The van der Waals surface area contributed by atoms with Gasteiger partial charge in [0.2, 0.25) is 5.95 Å². The van der Waals surface area contributed by atoms with Gasteiger partial charge in [0.1, 0.15) is 5.82 Å². The van der Waals surface area contributed by atoms with Gasteiger partial charge in [0.05, 0.1) is 25.6 Å². The van der Waals surface area contributed by atoms with E-state index in [9.17, 15) is 0 Å². The Balaban J connectivity index is 1.19. The highest BCUT2D eigenvalue weighted by atomic mass is 16.5. The number of hydrogen-bond donors (Lipinski definition) is 2. The molecule has 2 N–H and O–H groups in total. The summed E-state index contributed by atoms with van der Waals surface area (Å²) in [4.78, 5) is 16.3. The zero-order valence-corrected chi connectivity index (χ0v) is 21.0. The fraction of sp³-hybridized carbons (Fsp3) is 0.654. The summed E-state index contributed by atoms with van der Waals surface area (Å²) < 4.78 is 17.1. The van der Waals surface area contributed by atoms with Crippen LogP contribution in [0.5, 0.6) is 11.6 Å². The molecule has 0 radical (unpaired) electrons. The van der Waals surface area contributed by atoms with Crippen molar-refractivity contribution in [2.45, 2.75) is 51.5 Å². The largest absolute Gasteiger partial charge is 0.488 e. The van der Waals surface area contributed by atoms with Gasteiger partial charge in [0, 0.05) is 56.1 Å². The van der Waals surface area contributed by atoms with Crippen molar-refractivity contribution in [3.63, 3.8) is 0 Å². The Morgan fingerprint density at radius 1 is 1.09 bits per heavy atom. The molecular weight excluding hydrogens is 444 g/mol. The molecule has 0 bridgehead atoms. The molecule has 0 amide bonds. The van der Waals surface area contributed by atoms with Crippen LogP contribution in [0.2, 0.25) is 0 Å². The van der Waals surface area contributed by atoms with Crippen molar-refractivity contribution in [1.29, 1.82) is 0 Å². The smallest absolute Gasteiger partial charge is 0.256 e. The van der Waals surface area contributed by atoms with E-state index in [0.717, 1.165) is 62.4 Å². The monoisotopic (exact) mass is 482 g/mol. The van der Waals surface area contributed by atoms with E-state index in [4.69, 9.17) is 14.2 Å². The highest BCUT2D eigenvalue weighted by Crippen LogP contribution is 2.32. The zero-order valence-electron chi connectivity index (χ0n) is 21.0. The molecule has 5 rings (SSSR count). The van der Waals surface area contributed by atoms with Gasteiger partial charge >= 0.3 is 0 Å². The number of nitrogens with one attached hydrogen (secondary N) is 2. The maximum atomic E-state index is 6.21. The molecule has 1 saturated carbocycles. The molecule has 2 aromatic rings. The summed E-state index contributed by atoms with van der Waals surface area (Å²) in [5.41, 5.74) is 1.66. The molecule has 2 saturated heterocycles. The van der Waals surface area contributed by atoms with Crippen molar-refractivity contribution in [2.75, 3.05) is 57.2 Å². The predicted molar refractivity (Wildman–Crippen MR) is 136 cm³/mol. The molecule has 0 unspecified atom stereocenters. The van der Waals surface area contributed by atoms with Crippen LogP contribution in [-0.4, -0.2) is 72.5 Å². The fourth-order valence-corrected chi connectivity index (χ4v) is 5.09. The summed E-state index contributed by atoms with van der Waals surface area (Å²) in [6.07, 6.45) is 9.16. The molecular formula is C26H38N6O3. The van der Waals surface area contributed by atoms with Crippen molar-refractivity contribution in [2.24, 2.45) is 11.8 Å².